The van der Waals surface area contributed by atoms with Crippen LogP contribution in [-0.4, -0.2) is 23.3 Å². The van der Waals surface area contributed by atoms with Crippen molar-refractivity contribution in [3.8, 4) is 0 Å². The molecule has 134 valence electrons. The molecule has 0 saturated heterocycles. The molecule has 0 radical (unpaired) electrons. The molecule has 0 aliphatic rings. The van der Waals surface area contributed by atoms with E-state index in [2.05, 4.69) is 5.32 Å². The molecular weight excluding hydrogens is 339 g/mol. The van der Waals surface area contributed by atoms with Crippen LogP contribution in [0.2, 0.25) is 0 Å². The van der Waals surface area contributed by atoms with E-state index in [1.54, 1.807) is 30.3 Å². The number of hydrogen-bond donors (Lipinski definition) is 1. The van der Waals surface area contributed by atoms with Gasteiger partial charge in [-0.05, 0) is 42.0 Å². The summed E-state index contributed by atoms with van der Waals surface area (Å²) >= 11 is 0. The molecule has 7 heteroatoms. The fourth-order valence-corrected chi connectivity index (χ4v) is 2.38. The minimum atomic E-state index is -0.414. The van der Waals surface area contributed by atoms with Crippen LogP contribution < -0.4 is 5.32 Å². The van der Waals surface area contributed by atoms with Crippen LogP contribution in [0.4, 0.5) is 4.39 Å². The summed E-state index contributed by atoms with van der Waals surface area (Å²) in [4.78, 5) is 26.1. The van der Waals surface area contributed by atoms with Gasteiger partial charge in [-0.15, -0.1) is 0 Å². The summed E-state index contributed by atoms with van der Waals surface area (Å²) in [5.74, 6) is -0.406. The van der Waals surface area contributed by atoms with E-state index in [9.17, 15) is 14.0 Å². The summed E-state index contributed by atoms with van der Waals surface area (Å²) in [6, 6.07) is 12.4. The summed E-state index contributed by atoms with van der Waals surface area (Å²) in [6.45, 7) is 0.209. The van der Waals surface area contributed by atoms with E-state index in [0.29, 0.717) is 5.76 Å². The predicted molar refractivity (Wildman–Crippen MR) is 90.4 cm³/mol. The summed E-state index contributed by atoms with van der Waals surface area (Å²) < 4.78 is 23.3. The minimum absolute atomic E-state index is 0.135. The topological polar surface area (TPSA) is 75.7 Å². The van der Waals surface area contributed by atoms with Gasteiger partial charge in [0.2, 0.25) is 5.91 Å². The molecular formula is C19H17FN2O4. The SMILES string of the molecule is O=C(CN(Cc1ccco1)C(=O)c1ccco1)NCc1ccc(F)cc1. The van der Waals surface area contributed by atoms with Gasteiger partial charge in [-0.2, -0.15) is 0 Å². The Morgan fingerprint density at radius 3 is 2.38 bits per heavy atom. The number of rotatable bonds is 7. The standard InChI is InChI=1S/C19H17FN2O4/c20-15-7-5-14(6-8-15)11-21-18(23)13-22(12-16-3-1-9-25-16)19(24)17-4-2-10-26-17/h1-10H,11-13H2,(H,21,23). The third-order valence-electron chi connectivity index (χ3n) is 3.68. The number of nitrogens with zero attached hydrogens (tertiary/aromatic N) is 1. The molecule has 0 fully saturated rings. The first-order chi connectivity index (χ1) is 12.6. The van der Waals surface area contributed by atoms with Gasteiger partial charge in [0.1, 0.15) is 18.1 Å². The molecule has 1 N–H and O–H groups in total. The van der Waals surface area contributed by atoms with Crippen molar-refractivity contribution in [1.29, 1.82) is 0 Å². The van der Waals surface area contributed by atoms with Crippen LogP contribution in [0.3, 0.4) is 0 Å². The van der Waals surface area contributed by atoms with Gasteiger partial charge in [0.25, 0.3) is 5.91 Å². The summed E-state index contributed by atoms with van der Waals surface area (Å²) in [5, 5.41) is 2.71. The van der Waals surface area contributed by atoms with Crippen molar-refractivity contribution in [2.24, 2.45) is 0 Å². The van der Waals surface area contributed by atoms with E-state index in [-0.39, 0.29) is 37.1 Å². The van der Waals surface area contributed by atoms with Gasteiger partial charge < -0.3 is 19.1 Å². The number of halogens is 1. The van der Waals surface area contributed by atoms with Gasteiger partial charge >= 0.3 is 0 Å². The van der Waals surface area contributed by atoms with E-state index in [4.69, 9.17) is 8.83 Å². The van der Waals surface area contributed by atoms with Crippen molar-refractivity contribution in [1.82, 2.24) is 10.2 Å². The molecule has 0 spiro atoms. The first kappa shape index (κ1) is 17.5. The van der Waals surface area contributed by atoms with Gasteiger partial charge in [-0.1, -0.05) is 12.1 Å². The van der Waals surface area contributed by atoms with Crippen molar-refractivity contribution in [2.75, 3.05) is 6.54 Å². The van der Waals surface area contributed by atoms with Gasteiger partial charge in [-0.25, -0.2) is 4.39 Å². The Balaban J connectivity index is 1.63. The molecule has 6 nitrogen and oxygen atoms in total. The summed E-state index contributed by atoms with van der Waals surface area (Å²) in [5.41, 5.74) is 0.759. The van der Waals surface area contributed by atoms with Crippen molar-refractivity contribution in [2.45, 2.75) is 13.1 Å². The molecule has 0 bridgehead atoms. The molecule has 2 aromatic heterocycles. The van der Waals surface area contributed by atoms with Crippen molar-refractivity contribution in [3.63, 3.8) is 0 Å². The molecule has 0 aliphatic carbocycles. The lowest BCUT2D eigenvalue weighted by Gasteiger charge is -2.20. The number of nitrogens with one attached hydrogen (secondary N) is 1. The monoisotopic (exact) mass is 356 g/mol. The molecule has 3 rings (SSSR count). The molecule has 26 heavy (non-hydrogen) atoms. The highest BCUT2D eigenvalue weighted by Crippen LogP contribution is 2.11. The number of carbonyl (C=O) groups is 2. The van der Waals surface area contributed by atoms with Gasteiger partial charge in [-0.3, -0.25) is 9.59 Å². The second-order valence-corrected chi connectivity index (χ2v) is 5.62. The quantitative estimate of drug-likeness (QED) is 0.706. The average Bonchev–Trinajstić information content (AvgIpc) is 3.34. The maximum atomic E-state index is 12.9. The van der Waals surface area contributed by atoms with Gasteiger partial charge in [0, 0.05) is 6.54 Å². The Labute approximate surface area is 149 Å². The maximum Gasteiger partial charge on any atom is 0.290 e. The molecule has 0 saturated carbocycles. The Kier molecular flexibility index (Phi) is 5.48. The second kappa shape index (κ2) is 8.15. The summed E-state index contributed by atoms with van der Waals surface area (Å²) in [6.07, 6.45) is 2.90. The summed E-state index contributed by atoms with van der Waals surface area (Å²) in [7, 11) is 0. The Morgan fingerprint density at radius 1 is 1.00 bits per heavy atom. The highest BCUT2D eigenvalue weighted by Gasteiger charge is 2.22. The zero-order valence-electron chi connectivity index (χ0n) is 13.9. The first-order valence-corrected chi connectivity index (χ1v) is 7.98. The third-order valence-corrected chi connectivity index (χ3v) is 3.68. The molecule has 2 amide bonds. The average molecular weight is 356 g/mol. The maximum absolute atomic E-state index is 12.9. The lowest BCUT2D eigenvalue weighted by molar-refractivity contribution is -0.122. The van der Waals surface area contributed by atoms with Crippen molar-refractivity contribution < 1.29 is 22.8 Å². The molecule has 0 aliphatic heterocycles. The number of benzene rings is 1. The molecule has 1 aromatic carbocycles. The van der Waals surface area contributed by atoms with Gasteiger partial charge in [0.15, 0.2) is 5.76 Å². The molecule has 3 aromatic rings. The van der Waals surface area contributed by atoms with Crippen LogP contribution in [0, 0.1) is 5.82 Å². The number of hydrogen-bond acceptors (Lipinski definition) is 4. The van der Waals surface area contributed by atoms with Crippen molar-refractivity contribution >= 4 is 11.8 Å². The van der Waals surface area contributed by atoms with E-state index < -0.39 is 5.91 Å². The van der Waals surface area contributed by atoms with E-state index in [1.807, 2.05) is 0 Å². The number of amides is 2. The van der Waals surface area contributed by atoms with Crippen molar-refractivity contribution in [3.05, 3.63) is 84.0 Å². The highest BCUT2D eigenvalue weighted by molar-refractivity contribution is 5.94. The van der Waals surface area contributed by atoms with Crippen LogP contribution >= 0.6 is 0 Å². The molecule has 0 atom stereocenters. The second-order valence-electron chi connectivity index (χ2n) is 5.62. The lowest BCUT2D eigenvalue weighted by Crippen LogP contribution is -2.40. The van der Waals surface area contributed by atoms with Crippen LogP contribution in [0.5, 0.6) is 0 Å². The Morgan fingerprint density at radius 2 is 1.73 bits per heavy atom. The lowest BCUT2D eigenvalue weighted by atomic mass is 10.2. The van der Waals surface area contributed by atoms with E-state index in [1.165, 1.54) is 35.6 Å². The smallest absolute Gasteiger partial charge is 0.290 e. The Bertz CT molecular complexity index is 842. The van der Waals surface area contributed by atoms with Crippen LogP contribution in [0.25, 0.3) is 0 Å². The number of furan rings is 2. The van der Waals surface area contributed by atoms with E-state index >= 15 is 0 Å². The first-order valence-electron chi connectivity index (χ1n) is 7.98. The number of carbonyl (C=O) groups excluding carboxylic acids is 2. The highest BCUT2D eigenvalue weighted by atomic mass is 19.1. The zero-order chi connectivity index (χ0) is 18.4. The normalized spacial score (nSPS) is 10.5. The van der Waals surface area contributed by atoms with E-state index in [0.717, 1.165) is 5.56 Å². The van der Waals surface area contributed by atoms with Gasteiger partial charge in [0.05, 0.1) is 19.1 Å². The Hall–Kier alpha value is -3.35. The third kappa shape index (κ3) is 4.60. The fraction of sp³-hybridized carbons (Fsp3) is 0.158. The van der Waals surface area contributed by atoms with Crippen LogP contribution in [0.1, 0.15) is 21.9 Å². The molecule has 0 unspecified atom stereocenters. The van der Waals surface area contributed by atoms with Crippen LogP contribution in [-0.2, 0) is 17.9 Å². The fourth-order valence-electron chi connectivity index (χ4n) is 2.38. The predicted octanol–water partition coefficient (Wildman–Crippen LogP) is 2.97. The minimum Gasteiger partial charge on any atom is -0.467 e. The largest absolute Gasteiger partial charge is 0.467 e. The molecule has 2 heterocycles. The zero-order valence-corrected chi connectivity index (χ0v) is 13.9. The van der Waals surface area contributed by atoms with Crippen LogP contribution in [0.15, 0.2) is 69.9 Å².